The van der Waals surface area contributed by atoms with E-state index in [1.54, 1.807) is 10.9 Å². The number of aliphatic hydroxyl groups is 1. The van der Waals surface area contributed by atoms with Gasteiger partial charge in [-0.2, -0.15) is 5.10 Å². The Labute approximate surface area is 125 Å². The highest BCUT2D eigenvalue weighted by Crippen LogP contribution is 2.28. The number of nitrogens with one attached hydrogen (secondary N) is 1. The zero-order chi connectivity index (χ0) is 15.6. The van der Waals surface area contributed by atoms with E-state index in [1.165, 1.54) is 0 Å². The number of aromatic nitrogens is 2. The van der Waals surface area contributed by atoms with E-state index in [2.05, 4.69) is 22.3 Å². The lowest BCUT2D eigenvalue weighted by molar-refractivity contribution is -0.125. The summed E-state index contributed by atoms with van der Waals surface area (Å²) in [4.78, 5) is 13.9. The molecule has 118 valence electrons. The van der Waals surface area contributed by atoms with Crippen LogP contribution in [0.3, 0.4) is 0 Å². The number of anilines is 1. The summed E-state index contributed by atoms with van der Waals surface area (Å²) in [7, 11) is 0. The molecule has 4 N–H and O–H groups in total. The lowest BCUT2D eigenvalue weighted by Crippen LogP contribution is -2.48. The van der Waals surface area contributed by atoms with Crippen LogP contribution in [0.5, 0.6) is 0 Å². The van der Waals surface area contributed by atoms with Crippen LogP contribution >= 0.6 is 0 Å². The second-order valence-corrected chi connectivity index (χ2v) is 6.40. The molecule has 7 nitrogen and oxygen atoms in total. The van der Waals surface area contributed by atoms with Crippen LogP contribution in [0.1, 0.15) is 33.6 Å². The Bertz CT molecular complexity index is 499. The molecule has 1 aliphatic heterocycles. The van der Waals surface area contributed by atoms with E-state index in [0.29, 0.717) is 12.6 Å². The molecule has 0 bridgehead atoms. The first kappa shape index (κ1) is 15.8. The molecule has 21 heavy (non-hydrogen) atoms. The molecule has 1 aromatic rings. The van der Waals surface area contributed by atoms with E-state index >= 15 is 0 Å². The molecule has 1 fully saturated rings. The smallest absolute Gasteiger partial charge is 0.238 e. The number of piperidine rings is 1. The summed E-state index contributed by atoms with van der Waals surface area (Å²) in [6, 6.07) is 0.349. The van der Waals surface area contributed by atoms with Crippen molar-refractivity contribution in [2.45, 2.75) is 45.2 Å². The largest absolute Gasteiger partial charge is 0.394 e. The van der Waals surface area contributed by atoms with Gasteiger partial charge in [0.15, 0.2) is 0 Å². The van der Waals surface area contributed by atoms with E-state index in [4.69, 9.17) is 5.84 Å². The van der Waals surface area contributed by atoms with Crippen molar-refractivity contribution < 1.29 is 9.90 Å². The number of carbonyl (C=O) groups is 1. The van der Waals surface area contributed by atoms with Crippen LogP contribution in [0.2, 0.25) is 0 Å². The number of hydrogen-bond acceptors (Lipinski definition) is 5. The van der Waals surface area contributed by atoms with Crippen LogP contribution < -0.4 is 16.2 Å². The summed E-state index contributed by atoms with van der Waals surface area (Å²) >= 11 is 0. The fraction of sp³-hybridized carbons (Fsp3) is 0.714. The lowest BCUT2D eigenvalue weighted by Gasteiger charge is -2.38. The molecule has 0 spiro atoms. The summed E-state index contributed by atoms with van der Waals surface area (Å²) in [5.74, 6) is 5.03. The van der Waals surface area contributed by atoms with Crippen molar-refractivity contribution in [3.8, 4) is 0 Å². The van der Waals surface area contributed by atoms with E-state index in [9.17, 15) is 9.90 Å². The van der Waals surface area contributed by atoms with Gasteiger partial charge in [0.1, 0.15) is 0 Å². The number of amides is 1. The van der Waals surface area contributed by atoms with Gasteiger partial charge in [0.25, 0.3) is 0 Å². The second kappa shape index (κ2) is 6.03. The topological polar surface area (TPSA) is 96.4 Å². The van der Waals surface area contributed by atoms with Gasteiger partial charge in [0.05, 0.1) is 29.9 Å². The van der Waals surface area contributed by atoms with Gasteiger partial charge in [-0.3, -0.25) is 14.9 Å². The molecular formula is C14H25N5O2. The standard InChI is InChI=1S/C14H25N5O2/c1-10-4-5-11(13(21)17-15)7-18(10)12-6-16-19(8-12)14(2,3)9-20/h6,8,10-11,20H,4-5,7,9,15H2,1-3H3,(H,17,21). The second-order valence-electron chi connectivity index (χ2n) is 6.40. The Morgan fingerprint density at radius 1 is 1.57 bits per heavy atom. The highest BCUT2D eigenvalue weighted by Gasteiger charge is 2.31. The Hall–Kier alpha value is -1.60. The van der Waals surface area contributed by atoms with Crippen molar-refractivity contribution in [3.63, 3.8) is 0 Å². The first-order valence-electron chi connectivity index (χ1n) is 7.32. The van der Waals surface area contributed by atoms with Crippen LogP contribution in [0.4, 0.5) is 5.69 Å². The summed E-state index contributed by atoms with van der Waals surface area (Å²) in [6.45, 7) is 6.64. The maximum atomic E-state index is 11.7. The molecule has 0 aliphatic carbocycles. The molecule has 1 aliphatic rings. The average Bonchev–Trinajstić information content (AvgIpc) is 2.97. The van der Waals surface area contributed by atoms with E-state index in [1.807, 2.05) is 20.0 Å². The van der Waals surface area contributed by atoms with Crippen molar-refractivity contribution >= 4 is 11.6 Å². The quantitative estimate of drug-likeness (QED) is 0.419. The third-order valence-electron chi connectivity index (χ3n) is 4.30. The number of hydrogen-bond donors (Lipinski definition) is 3. The fourth-order valence-electron chi connectivity index (χ4n) is 2.66. The Morgan fingerprint density at radius 3 is 2.90 bits per heavy atom. The van der Waals surface area contributed by atoms with Crippen LogP contribution in [-0.2, 0) is 10.3 Å². The third-order valence-corrected chi connectivity index (χ3v) is 4.30. The Kier molecular flexibility index (Phi) is 4.53. The molecule has 2 atom stereocenters. The van der Waals surface area contributed by atoms with Gasteiger partial charge in [-0.15, -0.1) is 0 Å². The summed E-state index contributed by atoms with van der Waals surface area (Å²) in [5, 5.41) is 13.8. The summed E-state index contributed by atoms with van der Waals surface area (Å²) < 4.78 is 1.77. The molecule has 2 unspecified atom stereocenters. The SMILES string of the molecule is CC1CCC(C(=O)NN)CN1c1cnn(C(C)(C)CO)c1. The average molecular weight is 295 g/mol. The highest BCUT2D eigenvalue weighted by molar-refractivity contribution is 5.79. The zero-order valence-electron chi connectivity index (χ0n) is 12.9. The van der Waals surface area contributed by atoms with Crippen molar-refractivity contribution in [3.05, 3.63) is 12.4 Å². The van der Waals surface area contributed by atoms with Crippen molar-refractivity contribution in [2.24, 2.45) is 11.8 Å². The zero-order valence-corrected chi connectivity index (χ0v) is 12.9. The van der Waals surface area contributed by atoms with Crippen molar-refractivity contribution in [2.75, 3.05) is 18.1 Å². The van der Waals surface area contributed by atoms with Gasteiger partial charge >= 0.3 is 0 Å². The minimum atomic E-state index is -0.439. The molecule has 7 heteroatoms. The number of nitrogens with zero attached hydrogens (tertiary/aromatic N) is 3. The Morgan fingerprint density at radius 2 is 2.29 bits per heavy atom. The van der Waals surface area contributed by atoms with Crippen molar-refractivity contribution in [1.82, 2.24) is 15.2 Å². The van der Waals surface area contributed by atoms with Gasteiger partial charge in [0, 0.05) is 18.8 Å². The van der Waals surface area contributed by atoms with Gasteiger partial charge < -0.3 is 10.0 Å². The van der Waals surface area contributed by atoms with Crippen molar-refractivity contribution in [1.29, 1.82) is 0 Å². The minimum Gasteiger partial charge on any atom is -0.394 e. The molecule has 0 radical (unpaired) electrons. The minimum absolute atomic E-state index is 0.0158. The summed E-state index contributed by atoms with van der Waals surface area (Å²) in [5.41, 5.74) is 2.77. The predicted octanol–water partition coefficient (Wildman–Crippen LogP) is 0.205. The van der Waals surface area contributed by atoms with Crippen LogP contribution in [0.15, 0.2) is 12.4 Å². The van der Waals surface area contributed by atoms with Gasteiger partial charge in [0.2, 0.25) is 5.91 Å². The van der Waals surface area contributed by atoms with Crippen LogP contribution in [0.25, 0.3) is 0 Å². The fourth-order valence-corrected chi connectivity index (χ4v) is 2.66. The van der Waals surface area contributed by atoms with E-state index in [0.717, 1.165) is 18.5 Å². The first-order valence-corrected chi connectivity index (χ1v) is 7.32. The number of rotatable bonds is 4. The van der Waals surface area contributed by atoms with E-state index in [-0.39, 0.29) is 18.4 Å². The number of carbonyl (C=O) groups excluding carboxylic acids is 1. The van der Waals surface area contributed by atoms with E-state index < -0.39 is 5.54 Å². The molecule has 1 aromatic heterocycles. The van der Waals surface area contributed by atoms with Crippen LogP contribution in [0, 0.1) is 5.92 Å². The predicted molar refractivity (Wildman–Crippen MR) is 80.5 cm³/mol. The number of hydrazine groups is 1. The van der Waals surface area contributed by atoms with Crippen LogP contribution in [-0.4, -0.2) is 40.0 Å². The monoisotopic (exact) mass is 295 g/mol. The molecular weight excluding hydrogens is 270 g/mol. The molecule has 1 amide bonds. The maximum Gasteiger partial charge on any atom is 0.238 e. The molecule has 0 saturated carbocycles. The van der Waals surface area contributed by atoms with Gasteiger partial charge in [-0.25, -0.2) is 5.84 Å². The highest BCUT2D eigenvalue weighted by atomic mass is 16.3. The molecule has 2 rings (SSSR count). The maximum absolute atomic E-state index is 11.7. The third kappa shape index (κ3) is 3.19. The summed E-state index contributed by atoms with van der Waals surface area (Å²) in [6.07, 6.45) is 5.50. The normalized spacial score (nSPS) is 23.2. The Balaban J connectivity index is 2.18. The first-order chi connectivity index (χ1) is 9.89. The van der Waals surface area contributed by atoms with Gasteiger partial charge in [-0.1, -0.05) is 0 Å². The molecule has 2 heterocycles. The number of nitrogens with two attached hydrogens (primary N) is 1. The van der Waals surface area contributed by atoms with Gasteiger partial charge in [-0.05, 0) is 33.6 Å². The lowest BCUT2D eigenvalue weighted by atomic mass is 9.92. The molecule has 1 saturated heterocycles. The molecule has 0 aromatic carbocycles. The number of aliphatic hydroxyl groups excluding tert-OH is 1.